The highest BCUT2D eigenvalue weighted by atomic mass is 79.9. The molecule has 3 rings (SSSR count). The van der Waals surface area contributed by atoms with E-state index in [0.29, 0.717) is 25.1 Å². The lowest BCUT2D eigenvalue weighted by molar-refractivity contribution is -0.120. The van der Waals surface area contributed by atoms with Crippen LogP contribution in [0.25, 0.3) is 0 Å². The molecule has 31 heavy (non-hydrogen) atoms. The Morgan fingerprint density at radius 1 is 1.16 bits per heavy atom. The van der Waals surface area contributed by atoms with E-state index in [1.165, 1.54) is 11.4 Å². The number of benzene rings is 2. The third-order valence-corrected chi connectivity index (χ3v) is 8.07. The molecule has 0 unspecified atom stereocenters. The van der Waals surface area contributed by atoms with Crippen molar-refractivity contribution < 1.29 is 17.9 Å². The van der Waals surface area contributed by atoms with E-state index in [9.17, 15) is 13.2 Å². The lowest BCUT2D eigenvalue weighted by atomic mass is 9.97. The van der Waals surface area contributed by atoms with Gasteiger partial charge in [-0.1, -0.05) is 29.8 Å². The molecule has 0 spiro atoms. The van der Waals surface area contributed by atoms with Gasteiger partial charge >= 0.3 is 0 Å². The summed E-state index contributed by atoms with van der Waals surface area (Å²) < 4.78 is 33.7. The van der Waals surface area contributed by atoms with E-state index >= 15 is 0 Å². The number of carbonyl (C=O) groups is 1. The third-order valence-electron chi connectivity index (χ3n) is 5.73. The molecule has 0 aromatic heterocycles. The number of hydrogen-bond acceptors (Lipinski definition) is 4. The Labute approximate surface area is 193 Å². The topological polar surface area (TPSA) is 75.7 Å². The van der Waals surface area contributed by atoms with Crippen molar-refractivity contribution in [2.24, 2.45) is 5.92 Å². The summed E-state index contributed by atoms with van der Waals surface area (Å²) in [6, 6.07) is 10.4. The van der Waals surface area contributed by atoms with E-state index in [1.54, 1.807) is 24.3 Å². The molecule has 1 fully saturated rings. The zero-order valence-electron chi connectivity index (χ0n) is 18.2. The largest absolute Gasteiger partial charge is 0.497 e. The van der Waals surface area contributed by atoms with Gasteiger partial charge in [-0.25, -0.2) is 8.42 Å². The molecule has 1 saturated heterocycles. The first-order valence-electron chi connectivity index (χ1n) is 10.6. The SMILES string of the molecule is CCc1cc(Br)cc(CC)c1NC(=O)[C@H]1CCCN(S(=O)(=O)c2ccc(OC)cc2)C1. The Morgan fingerprint density at radius 3 is 2.32 bits per heavy atom. The van der Waals surface area contributed by atoms with Gasteiger partial charge in [0, 0.05) is 23.2 Å². The summed E-state index contributed by atoms with van der Waals surface area (Å²) in [6.07, 6.45) is 2.91. The molecule has 1 aliphatic heterocycles. The van der Waals surface area contributed by atoms with Crippen molar-refractivity contribution in [3.63, 3.8) is 0 Å². The second kappa shape index (κ2) is 10.1. The minimum Gasteiger partial charge on any atom is -0.497 e. The van der Waals surface area contributed by atoms with Gasteiger partial charge in [0.25, 0.3) is 0 Å². The number of carbonyl (C=O) groups excluding carboxylic acids is 1. The molecule has 0 bridgehead atoms. The number of amides is 1. The van der Waals surface area contributed by atoms with Gasteiger partial charge in [-0.2, -0.15) is 4.31 Å². The molecule has 0 saturated carbocycles. The lowest BCUT2D eigenvalue weighted by Gasteiger charge is -2.31. The van der Waals surface area contributed by atoms with E-state index in [2.05, 4.69) is 35.1 Å². The van der Waals surface area contributed by atoms with Gasteiger partial charge in [0.15, 0.2) is 0 Å². The van der Waals surface area contributed by atoms with Crippen LogP contribution in [-0.2, 0) is 27.7 Å². The lowest BCUT2D eigenvalue weighted by Crippen LogP contribution is -2.43. The van der Waals surface area contributed by atoms with E-state index in [0.717, 1.165) is 34.1 Å². The number of halogens is 1. The van der Waals surface area contributed by atoms with Crippen LogP contribution in [0.4, 0.5) is 5.69 Å². The summed E-state index contributed by atoms with van der Waals surface area (Å²) >= 11 is 3.54. The number of nitrogens with zero attached hydrogens (tertiary/aromatic N) is 1. The molecule has 168 valence electrons. The maximum atomic E-state index is 13.1. The standard InChI is InChI=1S/C23H29BrN2O4S/c1-4-16-13-19(24)14-17(5-2)22(16)25-23(27)18-7-6-12-26(15-18)31(28,29)21-10-8-20(30-3)9-11-21/h8-11,13-14,18H,4-7,12,15H2,1-3H3,(H,25,27)/t18-/m0/s1. The fourth-order valence-electron chi connectivity index (χ4n) is 3.94. The summed E-state index contributed by atoms with van der Waals surface area (Å²) in [4.78, 5) is 13.3. The summed E-state index contributed by atoms with van der Waals surface area (Å²) in [5.74, 6) is 0.0870. The number of rotatable bonds is 7. The highest BCUT2D eigenvalue weighted by Crippen LogP contribution is 2.30. The van der Waals surface area contributed by atoms with E-state index in [1.807, 2.05) is 12.1 Å². The van der Waals surface area contributed by atoms with Crippen LogP contribution < -0.4 is 10.1 Å². The predicted octanol–water partition coefficient (Wildman–Crippen LogP) is 4.62. The fraction of sp³-hybridized carbons (Fsp3) is 0.435. The van der Waals surface area contributed by atoms with Crippen molar-refractivity contribution in [2.75, 3.05) is 25.5 Å². The van der Waals surface area contributed by atoms with Crippen molar-refractivity contribution in [3.05, 3.63) is 52.0 Å². The van der Waals surface area contributed by atoms with Crippen molar-refractivity contribution in [1.29, 1.82) is 0 Å². The van der Waals surface area contributed by atoms with E-state index in [-0.39, 0.29) is 23.3 Å². The molecule has 1 atom stereocenters. The number of piperidine rings is 1. The molecular weight excluding hydrogens is 480 g/mol. The van der Waals surface area contributed by atoms with Crippen molar-refractivity contribution in [2.45, 2.75) is 44.4 Å². The minimum atomic E-state index is -3.67. The Balaban J connectivity index is 1.78. The van der Waals surface area contributed by atoms with Crippen LogP contribution in [0.1, 0.15) is 37.8 Å². The number of nitrogens with one attached hydrogen (secondary N) is 1. The molecule has 1 heterocycles. The van der Waals surface area contributed by atoms with Crippen LogP contribution in [0.5, 0.6) is 5.75 Å². The first kappa shape index (κ1) is 23.8. The summed E-state index contributed by atoms with van der Waals surface area (Å²) in [5, 5.41) is 3.11. The predicted molar refractivity (Wildman–Crippen MR) is 126 cm³/mol. The quantitative estimate of drug-likeness (QED) is 0.591. The summed E-state index contributed by atoms with van der Waals surface area (Å²) in [5.41, 5.74) is 2.99. The van der Waals surface area contributed by atoms with E-state index < -0.39 is 10.0 Å². The van der Waals surface area contributed by atoms with Crippen LogP contribution in [0.2, 0.25) is 0 Å². The third kappa shape index (κ3) is 5.30. The fourth-order valence-corrected chi connectivity index (χ4v) is 6.02. The number of ether oxygens (including phenoxy) is 1. The molecule has 1 aliphatic rings. The zero-order chi connectivity index (χ0) is 22.6. The van der Waals surface area contributed by atoms with Gasteiger partial charge < -0.3 is 10.1 Å². The first-order valence-corrected chi connectivity index (χ1v) is 12.8. The van der Waals surface area contributed by atoms with Crippen LogP contribution in [0, 0.1) is 5.92 Å². The van der Waals surface area contributed by atoms with Crippen molar-refractivity contribution in [1.82, 2.24) is 4.31 Å². The van der Waals surface area contributed by atoms with Crippen molar-refractivity contribution in [3.8, 4) is 5.75 Å². The second-order valence-corrected chi connectivity index (χ2v) is 10.5. The molecule has 2 aromatic carbocycles. The monoisotopic (exact) mass is 508 g/mol. The number of aryl methyl sites for hydroxylation is 2. The smallest absolute Gasteiger partial charge is 0.243 e. The molecule has 6 nitrogen and oxygen atoms in total. The number of anilines is 1. The van der Waals surface area contributed by atoms with Gasteiger partial charge in [0.05, 0.1) is 17.9 Å². The maximum Gasteiger partial charge on any atom is 0.243 e. The highest BCUT2D eigenvalue weighted by molar-refractivity contribution is 9.10. The van der Waals surface area contributed by atoms with Crippen LogP contribution in [-0.4, -0.2) is 38.8 Å². The van der Waals surface area contributed by atoms with Gasteiger partial charge in [-0.15, -0.1) is 0 Å². The van der Waals surface area contributed by atoms with Crippen molar-refractivity contribution >= 4 is 37.5 Å². The Bertz CT molecular complexity index is 1010. The van der Waals surface area contributed by atoms with Gasteiger partial charge in [0.2, 0.25) is 15.9 Å². The zero-order valence-corrected chi connectivity index (χ0v) is 20.6. The molecule has 2 aromatic rings. The van der Waals surface area contributed by atoms with Crippen LogP contribution >= 0.6 is 15.9 Å². The Morgan fingerprint density at radius 2 is 1.77 bits per heavy atom. The average molecular weight is 509 g/mol. The van der Waals surface area contributed by atoms with Gasteiger partial charge in [-0.05, 0) is 73.2 Å². The van der Waals surface area contributed by atoms with Crippen LogP contribution in [0.15, 0.2) is 45.8 Å². The number of sulfonamides is 1. The molecule has 0 radical (unpaired) electrons. The summed E-state index contributed by atoms with van der Waals surface area (Å²) in [6.45, 7) is 4.71. The van der Waals surface area contributed by atoms with Gasteiger partial charge in [-0.3, -0.25) is 4.79 Å². The average Bonchev–Trinajstić information content (AvgIpc) is 2.79. The number of methoxy groups -OCH3 is 1. The van der Waals surface area contributed by atoms with E-state index in [4.69, 9.17) is 4.74 Å². The summed E-state index contributed by atoms with van der Waals surface area (Å²) in [7, 11) is -2.13. The molecule has 8 heteroatoms. The highest BCUT2D eigenvalue weighted by Gasteiger charge is 2.33. The Kier molecular flexibility index (Phi) is 7.78. The first-order chi connectivity index (χ1) is 14.8. The van der Waals surface area contributed by atoms with Crippen LogP contribution in [0.3, 0.4) is 0 Å². The normalized spacial score (nSPS) is 17.4. The molecule has 0 aliphatic carbocycles. The van der Waals surface area contributed by atoms with Gasteiger partial charge in [0.1, 0.15) is 5.75 Å². The second-order valence-electron chi connectivity index (χ2n) is 7.67. The number of hydrogen-bond donors (Lipinski definition) is 1. The Hall–Kier alpha value is -1.90. The molecule has 1 N–H and O–H groups in total. The maximum absolute atomic E-state index is 13.1. The minimum absolute atomic E-state index is 0.124. The molecule has 1 amide bonds. The molecular formula is C23H29BrN2O4S.